The van der Waals surface area contributed by atoms with Crippen LogP contribution >= 0.6 is 23.4 Å². The van der Waals surface area contributed by atoms with Gasteiger partial charge in [0.1, 0.15) is 5.70 Å². The maximum Gasteiger partial charge on any atom is 0.416 e. The molecular weight excluding hydrogens is 611 g/mol. The molecule has 3 amide bonds. The van der Waals surface area contributed by atoms with Gasteiger partial charge in [-0.1, -0.05) is 73.1 Å². The summed E-state index contributed by atoms with van der Waals surface area (Å²) < 4.78 is 39.5. The van der Waals surface area contributed by atoms with E-state index in [2.05, 4.69) is 16.0 Å². The van der Waals surface area contributed by atoms with E-state index in [9.17, 15) is 27.6 Å². The van der Waals surface area contributed by atoms with E-state index in [0.717, 1.165) is 18.2 Å². The van der Waals surface area contributed by atoms with Crippen molar-refractivity contribution in [3.8, 4) is 0 Å². The van der Waals surface area contributed by atoms with Gasteiger partial charge in [-0.05, 0) is 66.6 Å². The van der Waals surface area contributed by atoms with Gasteiger partial charge in [-0.3, -0.25) is 14.4 Å². The lowest BCUT2D eigenvalue weighted by Crippen LogP contribution is -2.30. The summed E-state index contributed by atoms with van der Waals surface area (Å²) in [7, 11) is 0. The minimum Gasteiger partial charge on any atom is -0.324 e. The minimum absolute atomic E-state index is 0.0189. The van der Waals surface area contributed by atoms with Gasteiger partial charge in [-0.2, -0.15) is 13.2 Å². The molecule has 0 radical (unpaired) electrons. The summed E-state index contributed by atoms with van der Waals surface area (Å²) >= 11 is 7.23. The fraction of sp³-hybridized carbons (Fsp3) is 0.121. The standard InChI is InChI=1S/C33H27ClF3N3O3S/c1-2-29(32(43)39-27-19-23(33(35,36)37)16-17-26(27)34)44-25-15-9-14-24(20-25)38-31(42)28(18-21-10-5-3-6-11-21)40-30(41)22-12-7-4-8-13-22/h3-20,29H,2H2,1H3,(H,38,42)(H,39,43)(H,40,41)/b28-18-. The summed E-state index contributed by atoms with van der Waals surface area (Å²) in [6.45, 7) is 1.77. The average molecular weight is 638 g/mol. The van der Waals surface area contributed by atoms with Crippen molar-refractivity contribution in [1.82, 2.24) is 5.32 Å². The first kappa shape index (κ1) is 32.4. The molecule has 44 heavy (non-hydrogen) atoms. The van der Waals surface area contributed by atoms with Crippen LogP contribution in [0.3, 0.4) is 0 Å². The van der Waals surface area contributed by atoms with E-state index < -0.39 is 34.7 Å². The second-order valence-corrected chi connectivity index (χ2v) is 11.2. The third kappa shape index (κ3) is 8.98. The number of amides is 3. The largest absolute Gasteiger partial charge is 0.416 e. The Hall–Kier alpha value is -4.54. The molecule has 1 unspecified atom stereocenters. The van der Waals surface area contributed by atoms with Crippen LogP contribution in [0.4, 0.5) is 24.5 Å². The molecule has 0 aliphatic heterocycles. The number of alkyl halides is 3. The smallest absolute Gasteiger partial charge is 0.324 e. The Morgan fingerprint density at radius 1 is 0.864 bits per heavy atom. The number of anilines is 2. The van der Waals surface area contributed by atoms with Crippen molar-refractivity contribution in [2.24, 2.45) is 0 Å². The number of nitrogens with one attached hydrogen (secondary N) is 3. The van der Waals surface area contributed by atoms with Crippen molar-refractivity contribution in [1.29, 1.82) is 0 Å². The molecule has 1 atom stereocenters. The zero-order valence-electron chi connectivity index (χ0n) is 23.3. The molecule has 0 heterocycles. The lowest BCUT2D eigenvalue weighted by Gasteiger charge is -2.17. The molecule has 11 heteroatoms. The number of hydrogen-bond donors (Lipinski definition) is 3. The molecule has 6 nitrogen and oxygen atoms in total. The van der Waals surface area contributed by atoms with E-state index in [4.69, 9.17) is 11.6 Å². The van der Waals surface area contributed by atoms with Crippen molar-refractivity contribution in [2.45, 2.75) is 29.7 Å². The fourth-order valence-electron chi connectivity index (χ4n) is 4.00. The minimum atomic E-state index is -4.59. The third-order valence-corrected chi connectivity index (χ3v) is 7.91. The van der Waals surface area contributed by atoms with Crippen molar-refractivity contribution in [3.05, 3.63) is 131 Å². The Kier molecular flexibility index (Phi) is 10.9. The van der Waals surface area contributed by atoms with Gasteiger partial charge >= 0.3 is 6.18 Å². The van der Waals surface area contributed by atoms with Gasteiger partial charge in [0.2, 0.25) is 5.91 Å². The molecular formula is C33H27ClF3N3O3S. The molecule has 3 N–H and O–H groups in total. The molecule has 4 rings (SSSR count). The zero-order valence-corrected chi connectivity index (χ0v) is 24.9. The van der Waals surface area contributed by atoms with Crippen LogP contribution in [0.5, 0.6) is 0 Å². The number of carbonyl (C=O) groups excluding carboxylic acids is 3. The number of hydrogen-bond acceptors (Lipinski definition) is 4. The summed E-state index contributed by atoms with van der Waals surface area (Å²) in [6.07, 6.45) is -2.67. The first-order valence-electron chi connectivity index (χ1n) is 13.4. The predicted octanol–water partition coefficient (Wildman–Crippen LogP) is 8.28. The second kappa shape index (κ2) is 14.8. The summed E-state index contributed by atoms with van der Waals surface area (Å²) in [5.41, 5.74) is 0.445. The topological polar surface area (TPSA) is 87.3 Å². The maximum absolute atomic E-state index is 13.4. The molecule has 0 fully saturated rings. The van der Waals surface area contributed by atoms with Crippen LogP contribution in [0.15, 0.2) is 114 Å². The van der Waals surface area contributed by atoms with Crippen LogP contribution in [0.2, 0.25) is 5.02 Å². The van der Waals surface area contributed by atoms with Gasteiger partial charge in [0.25, 0.3) is 11.8 Å². The van der Waals surface area contributed by atoms with E-state index in [1.54, 1.807) is 79.7 Å². The Morgan fingerprint density at radius 3 is 2.20 bits per heavy atom. The highest BCUT2D eigenvalue weighted by atomic mass is 35.5. The molecule has 4 aromatic carbocycles. The monoisotopic (exact) mass is 637 g/mol. The number of rotatable bonds is 10. The van der Waals surface area contributed by atoms with Crippen molar-refractivity contribution in [3.63, 3.8) is 0 Å². The zero-order chi connectivity index (χ0) is 31.7. The molecule has 0 aromatic heterocycles. The second-order valence-electron chi connectivity index (χ2n) is 9.47. The summed E-state index contributed by atoms with van der Waals surface area (Å²) in [6, 6.07) is 27.0. The molecule has 0 aliphatic carbocycles. The van der Waals surface area contributed by atoms with E-state index in [-0.39, 0.29) is 16.4 Å². The van der Waals surface area contributed by atoms with Crippen molar-refractivity contribution >= 4 is 58.5 Å². The summed E-state index contributed by atoms with van der Waals surface area (Å²) in [5.74, 6) is -1.54. The van der Waals surface area contributed by atoms with Gasteiger partial charge < -0.3 is 16.0 Å². The van der Waals surface area contributed by atoms with Crippen LogP contribution in [0.25, 0.3) is 6.08 Å². The van der Waals surface area contributed by atoms with Crippen LogP contribution < -0.4 is 16.0 Å². The summed E-state index contributed by atoms with van der Waals surface area (Å²) in [5, 5.41) is 7.28. The van der Waals surface area contributed by atoms with Crippen molar-refractivity contribution in [2.75, 3.05) is 10.6 Å². The van der Waals surface area contributed by atoms with Crippen LogP contribution in [0.1, 0.15) is 34.8 Å². The number of benzene rings is 4. The summed E-state index contributed by atoms with van der Waals surface area (Å²) in [4.78, 5) is 39.9. The average Bonchev–Trinajstić information content (AvgIpc) is 3.01. The van der Waals surface area contributed by atoms with E-state index >= 15 is 0 Å². The van der Waals surface area contributed by atoms with Crippen LogP contribution in [0, 0.1) is 0 Å². The quantitative estimate of drug-likeness (QED) is 0.121. The maximum atomic E-state index is 13.4. The number of halogens is 4. The highest BCUT2D eigenvalue weighted by Crippen LogP contribution is 2.35. The molecule has 4 aromatic rings. The number of carbonyl (C=O) groups is 3. The van der Waals surface area contributed by atoms with Crippen LogP contribution in [-0.2, 0) is 15.8 Å². The molecule has 0 aliphatic rings. The molecule has 0 saturated heterocycles. The van der Waals surface area contributed by atoms with Crippen LogP contribution in [-0.4, -0.2) is 23.0 Å². The molecule has 226 valence electrons. The molecule has 0 bridgehead atoms. The highest BCUT2D eigenvalue weighted by Gasteiger charge is 2.31. The van der Waals surface area contributed by atoms with E-state index in [1.807, 2.05) is 18.2 Å². The number of thioether (sulfide) groups is 1. The SMILES string of the molecule is CCC(Sc1cccc(NC(=O)/C(=C/c2ccccc2)NC(=O)c2ccccc2)c1)C(=O)Nc1cc(C(F)(F)F)ccc1Cl. The molecule has 0 saturated carbocycles. The Balaban J connectivity index is 1.49. The first-order valence-corrected chi connectivity index (χ1v) is 14.7. The Bertz CT molecular complexity index is 1670. The van der Waals surface area contributed by atoms with E-state index in [0.29, 0.717) is 28.1 Å². The van der Waals surface area contributed by atoms with E-state index in [1.165, 1.54) is 11.8 Å². The van der Waals surface area contributed by atoms with Gasteiger partial charge in [0.05, 0.1) is 21.5 Å². The van der Waals surface area contributed by atoms with Gasteiger partial charge in [-0.25, -0.2) is 0 Å². The predicted molar refractivity (Wildman–Crippen MR) is 168 cm³/mol. The Morgan fingerprint density at radius 2 is 1.55 bits per heavy atom. The van der Waals surface area contributed by atoms with Gasteiger partial charge in [-0.15, -0.1) is 11.8 Å². The lowest BCUT2D eigenvalue weighted by atomic mass is 10.1. The fourth-order valence-corrected chi connectivity index (χ4v) is 5.18. The van der Waals surface area contributed by atoms with Gasteiger partial charge in [0.15, 0.2) is 0 Å². The normalized spacial score (nSPS) is 12.2. The molecule has 0 spiro atoms. The Labute approximate surface area is 261 Å². The van der Waals surface area contributed by atoms with Crippen molar-refractivity contribution < 1.29 is 27.6 Å². The highest BCUT2D eigenvalue weighted by molar-refractivity contribution is 8.00. The van der Waals surface area contributed by atoms with Gasteiger partial charge in [0, 0.05) is 16.1 Å². The third-order valence-electron chi connectivity index (χ3n) is 6.22. The lowest BCUT2D eigenvalue weighted by molar-refractivity contribution is -0.137. The first-order chi connectivity index (χ1) is 21.0.